The fourth-order valence-electron chi connectivity index (χ4n) is 2.67. The van der Waals surface area contributed by atoms with Crippen molar-refractivity contribution in [1.82, 2.24) is 15.2 Å². The van der Waals surface area contributed by atoms with Gasteiger partial charge in [-0.1, -0.05) is 24.3 Å². The van der Waals surface area contributed by atoms with Gasteiger partial charge in [0.05, 0.1) is 11.2 Å². The normalized spacial score (nSPS) is 10.7. The first-order valence-corrected chi connectivity index (χ1v) is 7.76. The summed E-state index contributed by atoms with van der Waals surface area (Å²) in [6, 6.07) is 16.7. The third-order valence-corrected chi connectivity index (χ3v) is 3.92. The number of amides is 1. The summed E-state index contributed by atoms with van der Waals surface area (Å²) in [6.45, 7) is 0. The molecule has 0 fully saturated rings. The van der Waals surface area contributed by atoms with Gasteiger partial charge in [0.1, 0.15) is 0 Å². The predicted octanol–water partition coefficient (Wildman–Crippen LogP) is 3.46. The first-order valence-electron chi connectivity index (χ1n) is 7.76. The Kier molecular flexibility index (Phi) is 3.63. The van der Waals surface area contributed by atoms with Gasteiger partial charge in [-0.3, -0.25) is 14.9 Å². The first kappa shape index (κ1) is 14.9. The highest BCUT2D eigenvalue weighted by Gasteiger charge is 2.12. The molecule has 0 radical (unpaired) electrons. The minimum absolute atomic E-state index is 0.204. The van der Waals surface area contributed by atoms with Crippen LogP contribution in [0.4, 0.5) is 11.5 Å². The summed E-state index contributed by atoms with van der Waals surface area (Å²) in [5, 5.41) is 10.8. The molecule has 0 bridgehead atoms. The molecule has 2 aromatic heterocycles. The van der Waals surface area contributed by atoms with Crippen LogP contribution in [-0.2, 0) is 0 Å². The monoisotopic (exact) mass is 329 g/mol. The summed E-state index contributed by atoms with van der Waals surface area (Å²) < 4.78 is 0. The molecule has 0 saturated carbocycles. The van der Waals surface area contributed by atoms with Crippen molar-refractivity contribution in [2.24, 2.45) is 0 Å². The lowest BCUT2D eigenvalue weighted by atomic mass is 10.1. The van der Waals surface area contributed by atoms with E-state index in [1.54, 1.807) is 24.5 Å². The molecule has 4 rings (SSSR count). The highest BCUT2D eigenvalue weighted by Crippen LogP contribution is 2.28. The van der Waals surface area contributed by atoms with Gasteiger partial charge >= 0.3 is 0 Å². The number of nitrogens with two attached hydrogens (primary N) is 1. The number of hydrogen-bond donors (Lipinski definition) is 3. The second-order valence-corrected chi connectivity index (χ2v) is 5.66. The first-order chi connectivity index (χ1) is 12.2. The molecule has 6 nitrogen and oxygen atoms in total. The molecule has 0 saturated heterocycles. The molecule has 4 N–H and O–H groups in total. The molecule has 6 heteroatoms. The number of anilines is 2. The van der Waals surface area contributed by atoms with Crippen LogP contribution in [0.15, 0.2) is 67.0 Å². The Morgan fingerprint density at radius 3 is 2.64 bits per heavy atom. The number of nitrogens with one attached hydrogen (secondary N) is 2. The number of nitrogen functional groups attached to an aromatic ring is 1. The maximum atomic E-state index is 12.4. The van der Waals surface area contributed by atoms with E-state index in [9.17, 15) is 4.79 Å². The van der Waals surface area contributed by atoms with Crippen molar-refractivity contribution in [3.05, 3.63) is 72.6 Å². The second kappa shape index (κ2) is 6.09. The topological polar surface area (TPSA) is 96.7 Å². The zero-order valence-electron chi connectivity index (χ0n) is 13.2. The maximum Gasteiger partial charge on any atom is 0.256 e. The molecule has 0 atom stereocenters. The Bertz CT molecular complexity index is 1060. The Balaban J connectivity index is 1.71. The Labute approximate surface area is 143 Å². The van der Waals surface area contributed by atoms with Gasteiger partial charge in [0.2, 0.25) is 0 Å². The van der Waals surface area contributed by atoms with Crippen LogP contribution in [0.1, 0.15) is 10.4 Å². The van der Waals surface area contributed by atoms with Crippen LogP contribution in [0, 0.1) is 0 Å². The van der Waals surface area contributed by atoms with Crippen LogP contribution in [0.25, 0.3) is 22.0 Å². The largest absolute Gasteiger partial charge is 0.397 e. The van der Waals surface area contributed by atoms with E-state index in [0.717, 1.165) is 22.0 Å². The summed E-state index contributed by atoms with van der Waals surface area (Å²) in [5.74, 6) is 0.285. The minimum atomic E-state index is -0.204. The molecular weight excluding hydrogens is 314 g/mol. The number of benzene rings is 2. The highest BCUT2D eigenvalue weighted by molar-refractivity contribution is 6.08. The van der Waals surface area contributed by atoms with E-state index in [0.29, 0.717) is 17.1 Å². The fourth-order valence-corrected chi connectivity index (χ4v) is 2.67. The lowest BCUT2D eigenvalue weighted by Gasteiger charge is -2.05. The number of carbonyl (C=O) groups is 1. The van der Waals surface area contributed by atoms with E-state index < -0.39 is 0 Å². The van der Waals surface area contributed by atoms with E-state index >= 15 is 0 Å². The summed E-state index contributed by atoms with van der Waals surface area (Å²) in [6.07, 6.45) is 3.35. The van der Waals surface area contributed by atoms with Crippen LogP contribution in [0.5, 0.6) is 0 Å². The van der Waals surface area contributed by atoms with Gasteiger partial charge in [0.15, 0.2) is 5.82 Å². The molecule has 122 valence electrons. The Morgan fingerprint density at radius 2 is 1.84 bits per heavy atom. The lowest BCUT2D eigenvalue weighted by Crippen LogP contribution is -2.12. The van der Waals surface area contributed by atoms with Gasteiger partial charge < -0.3 is 11.1 Å². The van der Waals surface area contributed by atoms with Crippen molar-refractivity contribution >= 4 is 28.3 Å². The quantitative estimate of drug-likeness (QED) is 0.536. The molecule has 2 heterocycles. The number of H-pyrrole nitrogens is 1. The van der Waals surface area contributed by atoms with Gasteiger partial charge in [-0.25, -0.2) is 0 Å². The average Bonchev–Trinajstić information content (AvgIpc) is 3.04. The zero-order valence-corrected chi connectivity index (χ0v) is 13.2. The molecule has 0 spiro atoms. The number of hydrogen-bond acceptors (Lipinski definition) is 4. The van der Waals surface area contributed by atoms with Crippen LogP contribution in [-0.4, -0.2) is 21.1 Å². The fraction of sp³-hybridized carbons (Fsp3) is 0. The number of nitrogens with zero attached hydrogens (tertiary/aromatic N) is 2. The molecule has 0 aliphatic heterocycles. The van der Waals surface area contributed by atoms with Gasteiger partial charge in [0, 0.05) is 28.9 Å². The van der Waals surface area contributed by atoms with E-state index in [4.69, 9.17) is 5.73 Å². The number of pyridine rings is 1. The summed E-state index contributed by atoms with van der Waals surface area (Å²) in [5.41, 5.74) is 9.68. The van der Waals surface area contributed by atoms with Crippen molar-refractivity contribution < 1.29 is 4.79 Å². The van der Waals surface area contributed by atoms with Gasteiger partial charge in [0.25, 0.3) is 5.91 Å². The van der Waals surface area contributed by atoms with E-state index in [2.05, 4.69) is 20.5 Å². The van der Waals surface area contributed by atoms with Crippen LogP contribution in [0.3, 0.4) is 0 Å². The van der Waals surface area contributed by atoms with Crippen molar-refractivity contribution in [2.75, 3.05) is 11.1 Å². The Hall–Kier alpha value is -3.67. The second-order valence-electron chi connectivity index (χ2n) is 5.66. The molecule has 4 aromatic rings. The van der Waals surface area contributed by atoms with Crippen molar-refractivity contribution in [3.8, 4) is 11.1 Å². The van der Waals surface area contributed by atoms with E-state index in [1.165, 1.54) is 0 Å². The summed E-state index contributed by atoms with van der Waals surface area (Å²) >= 11 is 0. The standard InChI is InChI=1S/C19H15N5O/c20-15-8-14(10-21-11-15)13-6-7-17-16(9-13)18(24-23-17)22-19(25)12-4-2-1-3-5-12/h1-11H,20H2,(H2,22,23,24,25). The number of fused-ring (bicyclic) bond motifs is 1. The van der Waals surface area contributed by atoms with Crippen molar-refractivity contribution in [2.45, 2.75) is 0 Å². The van der Waals surface area contributed by atoms with E-state index in [1.807, 2.05) is 42.5 Å². The van der Waals surface area contributed by atoms with Crippen molar-refractivity contribution in [1.29, 1.82) is 0 Å². The highest BCUT2D eigenvalue weighted by atomic mass is 16.1. The van der Waals surface area contributed by atoms with Crippen LogP contribution >= 0.6 is 0 Å². The van der Waals surface area contributed by atoms with Crippen molar-refractivity contribution in [3.63, 3.8) is 0 Å². The Morgan fingerprint density at radius 1 is 1.00 bits per heavy atom. The molecule has 25 heavy (non-hydrogen) atoms. The molecule has 2 aromatic carbocycles. The number of rotatable bonds is 3. The van der Waals surface area contributed by atoms with Gasteiger partial charge in [-0.2, -0.15) is 5.10 Å². The van der Waals surface area contributed by atoms with Gasteiger partial charge in [-0.15, -0.1) is 0 Å². The molecule has 0 unspecified atom stereocenters. The zero-order chi connectivity index (χ0) is 17.2. The number of aromatic nitrogens is 3. The third kappa shape index (κ3) is 2.92. The number of carbonyl (C=O) groups excluding carboxylic acids is 1. The summed E-state index contributed by atoms with van der Waals surface area (Å²) in [4.78, 5) is 16.5. The SMILES string of the molecule is Nc1cncc(-c2ccc3[nH]nc(NC(=O)c4ccccc4)c3c2)c1. The van der Waals surface area contributed by atoms with Gasteiger partial charge in [-0.05, 0) is 35.9 Å². The lowest BCUT2D eigenvalue weighted by molar-refractivity contribution is 0.102. The van der Waals surface area contributed by atoms with Crippen LogP contribution in [0.2, 0.25) is 0 Å². The van der Waals surface area contributed by atoms with E-state index in [-0.39, 0.29) is 5.91 Å². The third-order valence-electron chi connectivity index (χ3n) is 3.92. The minimum Gasteiger partial charge on any atom is -0.397 e. The van der Waals surface area contributed by atoms with Crippen LogP contribution < -0.4 is 11.1 Å². The maximum absolute atomic E-state index is 12.4. The molecular formula is C19H15N5O. The summed E-state index contributed by atoms with van der Waals surface area (Å²) in [7, 11) is 0. The molecule has 0 aliphatic carbocycles. The number of aromatic amines is 1. The molecule has 1 amide bonds. The predicted molar refractivity (Wildman–Crippen MR) is 98.1 cm³/mol. The molecule has 0 aliphatic rings. The average molecular weight is 329 g/mol. The smallest absolute Gasteiger partial charge is 0.256 e.